The topological polar surface area (TPSA) is 155 Å². The fraction of sp³-hybridized carbons (Fsp3) is 0.278. The van der Waals surface area contributed by atoms with E-state index in [9.17, 15) is 14.4 Å². The molecule has 1 saturated heterocycles. The van der Waals surface area contributed by atoms with Crippen molar-refractivity contribution in [3.8, 4) is 11.8 Å². The molecule has 11 nitrogen and oxygen atoms in total. The fourth-order valence-corrected chi connectivity index (χ4v) is 5.62. The first-order chi connectivity index (χ1) is 22.9. The van der Waals surface area contributed by atoms with E-state index in [1.165, 1.54) is 7.11 Å². The lowest BCUT2D eigenvalue weighted by Gasteiger charge is -2.31. The average molecular weight is 636 g/mol. The summed E-state index contributed by atoms with van der Waals surface area (Å²) in [5.41, 5.74) is 2.45. The number of hydrogen-bond donors (Lipinski definition) is 4. The van der Waals surface area contributed by atoms with Gasteiger partial charge in [0.1, 0.15) is 30.2 Å². The van der Waals surface area contributed by atoms with Gasteiger partial charge in [-0.1, -0.05) is 60.7 Å². The van der Waals surface area contributed by atoms with Crippen LogP contribution in [0.4, 0.5) is 10.5 Å². The van der Waals surface area contributed by atoms with Crippen LogP contribution in [0.5, 0.6) is 5.75 Å². The Morgan fingerprint density at radius 3 is 2.26 bits per heavy atom. The molecule has 0 spiro atoms. The minimum atomic E-state index is -1.11. The summed E-state index contributed by atoms with van der Waals surface area (Å²) < 4.78 is 17.0. The highest BCUT2D eigenvalue weighted by atomic mass is 16.5. The predicted molar refractivity (Wildman–Crippen MR) is 176 cm³/mol. The molecule has 0 saturated carbocycles. The molecule has 11 heteroatoms. The molecule has 1 aromatic heterocycles. The number of rotatable bonds is 12. The Balaban J connectivity index is 1.29. The van der Waals surface area contributed by atoms with Gasteiger partial charge in [-0.15, -0.1) is 0 Å². The lowest BCUT2D eigenvalue weighted by Crippen LogP contribution is -2.48. The number of aryl methyl sites for hydroxylation is 1. The van der Waals surface area contributed by atoms with Crippen molar-refractivity contribution in [2.45, 2.75) is 37.0 Å². The van der Waals surface area contributed by atoms with Crippen molar-refractivity contribution in [2.75, 3.05) is 32.1 Å². The van der Waals surface area contributed by atoms with Crippen molar-refractivity contribution in [3.05, 3.63) is 130 Å². The first-order valence-corrected chi connectivity index (χ1v) is 15.4. The second-order valence-corrected chi connectivity index (χ2v) is 11.1. The van der Waals surface area contributed by atoms with Gasteiger partial charge >= 0.3 is 6.09 Å². The predicted octanol–water partition coefficient (Wildman–Crippen LogP) is 4.11. The quantitative estimate of drug-likeness (QED) is 0.181. The number of anilines is 1. The van der Waals surface area contributed by atoms with Crippen LogP contribution in [0.3, 0.4) is 0 Å². The number of carbonyl (C=O) groups is 2. The molecule has 1 unspecified atom stereocenters. The summed E-state index contributed by atoms with van der Waals surface area (Å²) in [6.07, 6.45) is 1.45. The smallest absolute Gasteiger partial charge is 0.407 e. The number of amides is 2. The molecule has 5 rings (SSSR count). The number of pyridine rings is 1. The van der Waals surface area contributed by atoms with Crippen molar-refractivity contribution in [1.82, 2.24) is 15.6 Å². The number of carbonyl (C=O) groups excluding carboxylic acids is 2. The lowest BCUT2D eigenvalue weighted by atomic mass is 9.84. The third kappa shape index (κ3) is 8.85. The number of ether oxygens (including phenoxy) is 3. The van der Waals surface area contributed by atoms with E-state index in [0.717, 1.165) is 11.1 Å². The summed E-state index contributed by atoms with van der Waals surface area (Å²) in [7, 11) is 1.23. The molecular formula is C36H37N5O6. The summed E-state index contributed by atoms with van der Waals surface area (Å²) in [5, 5.41) is 17.9. The second-order valence-electron chi connectivity index (χ2n) is 11.1. The van der Waals surface area contributed by atoms with Gasteiger partial charge in [-0.05, 0) is 59.9 Å². The monoisotopic (exact) mass is 635 g/mol. The van der Waals surface area contributed by atoms with Crippen molar-refractivity contribution >= 4 is 17.7 Å². The molecule has 1 fully saturated rings. The molecule has 0 bridgehead atoms. The Kier molecular flexibility index (Phi) is 11.4. The van der Waals surface area contributed by atoms with Crippen LogP contribution in [0.25, 0.3) is 0 Å². The number of aromatic nitrogens is 1. The molecule has 47 heavy (non-hydrogen) atoms. The van der Waals surface area contributed by atoms with Gasteiger partial charge in [-0.2, -0.15) is 5.26 Å². The molecule has 3 aromatic carbocycles. The summed E-state index contributed by atoms with van der Waals surface area (Å²) in [6.45, 7) is 1.58. The normalized spacial score (nSPS) is 16.4. The Labute approximate surface area is 272 Å². The summed E-state index contributed by atoms with van der Waals surface area (Å²) in [5.74, 6) is -0.491. The van der Waals surface area contributed by atoms with Crippen LogP contribution in [0, 0.1) is 11.3 Å². The number of hydrogen-bond acceptors (Lipinski definition) is 8. The third-order valence-electron chi connectivity index (χ3n) is 7.97. The van der Waals surface area contributed by atoms with E-state index in [1.807, 2.05) is 60.7 Å². The number of H-pyrrole nitrogens is 1. The summed E-state index contributed by atoms with van der Waals surface area (Å²) in [6, 6.07) is 28.4. The molecule has 1 aliphatic heterocycles. The first kappa shape index (κ1) is 32.9. The number of methoxy groups -OCH3 is 1. The Hall–Kier alpha value is -5.44. The van der Waals surface area contributed by atoms with Crippen LogP contribution in [0.1, 0.15) is 34.6 Å². The lowest BCUT2D eigenvalue weighted by molar-refractivity contribution is -0.118. The van der Waals surface area contributed by atoms with Gasteiger partial charge in [-0.3, -0.25) is 9.59 Å². The number of morpholine rings is 1. The number of nitrogens with one attached hydrogen (secondary N) is 4. The van der Waals surface area contributed by atoms with Gasteiger partial charge in [0, 0.05) is 25.2 Å². The van der Waals surface area contributed by atoms with Crippen LogP contribution >= 0.6 is 0 Å². The van der Waals surface area contributed by atoms with Gasteiger partial charge < -0.3 is 35.1 Å². The van der Waals surface area contributed by atoms with Crippen molar-refractivity contribution in [3.63, 3.8) is 0 Å². The number of benzene rings is 3. The third-order valence-corrected chi connectivity index (χ3v) is 7.97. The molecule has 0 aliphatic carbocycles. The zero-order valence-electron chi connectivity index (χ0n) is 26.0. The van der Waals surface area contributed by atoms with Crippen molar-refractivity contribution in [2.24, 2.45) is 0 Å². The molecule has 3 atom stereocenters. The molecule has 2 heterocycles. The molecule has 0 radical (unpaired) electrons. The summed E-state index contributed by atoms with van der Waals surface area (Å²) >= 11 is 0. The van der Waals surface area contributed by atoms with E-state index in [2.05, 4.69) is 27.0 Å². The summed E-state index contributed by atoms with van der Waals surface area (Å²) in [4.78, 5) is 42.3. The molecule has 1 aliphatic rings. The first-order valence-electron chi connectivity index (χ1n) is 15.4. The van der Waals surface area contributed by atoms with E-state index in [0.29, 0.717) is 49.4 Å². The van der Waals surface area contributed by atoms with Gasteiger partial charge in [0.2, 0.25) is 5.91 Å². The number of nitrogens with zero attached hydrogens (tertiary/aromatic N) is 1. The van der Waals surface area contributed by atoms with Crippen molar-refractivity contribution < 1.29 is 23.8 Å². The van der Waals surface area contributed by atoms with Crippen LogP contribution in [-0.2, 0) is 20.7 Å². The Morgan fingerprint density at radius 2 is 1.62 bits per heavy atom. The zero-order valence-corrected chi connectivity index (χ0v) is 26.0. The average Bonchev–Trinajstić information content (AvgIpc) is 3.12. The van der Waals surface area contributed by atoms with Crippen LogP contribution in [0.15, 0.2) is 102 Å². The maximum absolute atomic E-state index is 14.0. The van der Waals surface area contributed by atoms with E-state index in [-0.39, 0.29) is 17.9 Å². The largest absolute Gasteiger partial charge is 0.491 e. The maximum atomic E-state index is 14.0. The molecule has 4 N–H and O–H groups in total. The molecule has 4 aromatic rings. The molecule has 242 valence electrons. The van der Waals surface area contributed by atoms with Crippen LogP contribution < -0.4 is 26.2 Å². The highest BCUT2D eigenvalue weighted by Crippen LogP contribution is 2.29. The number of nitriles is 1. The van der Waals surface area contributed by atoms with Crippen LogP contribution in [0.2, 0.25) is 0 Å². The van der Waals surface area contributed by atoms with Crippen molar-refractivity contribution in [1.29, 1.82) is 5.26 Å². The van der Waals surface area contributed by atoms with Crippen LogP contribution in [-0.4, -0.2) is 62.0 Å². The van der Waals surface area contributed by atoms with Gasteiger partial charge in [-0.25, -0.2) is 4.79 Å². The number of alkyl carbamates (subject to hydrolysis) is 1. The van der Waals surface area contributed by atoms with E-state index in [4.69, 9.17) is 19.5 Å². The molecule has 2 amide bonds. The van der Waals surface area contributed by atoms with E-state index in [1.54, 1.807) is 36.5 Å². The Morgan fingerprint density at radius 1 is 0.957 bits per heavy atom. The standard InChI is InChI=1S/C36H37N5O6/c1-45-36(44)41-33(31(25-8-4-2-5-9-25)26-10-6-3-7-11-26)35(43)40-32-27(18-19-39-34(32)42)14-17-29-21-38-22-30(47-29)23-46-28-15-12-24(20-37)13-16-28/h2-13,15-16,18-19,29-31,33,38H,14,17,21-23H2,1H3,(H,39,42)(H,40,43)(H,41,44)/t29-,30+,33?/m1/s1. The minimum Gasteiger partial charge on any atom is -0.491 e. The van der Waals surface area contributed by atoms with Gasteiger partial charge in [0.25, 0.3) is 5.56 Å². The van der Waals surface area contributed by atoms with E-state index >= 15 is 0 Å². The number of aromatic amines is 1. The highest BCUT2D eigenvalue weighted by molar-refractivity contribution is 5.98. The van der Waals surface area contributed by atoms with E-state index < -0.39 is 29.5 Å². The maximum Gasteiger partial charge on any atom is 0.407 e. The Bertz CT molecular complexity index is 1680. The van der Waals surface area contributed by atoms with Gasteiger partial charge in [0.05, 0.1) is 24.8 Å². The fourth-order valence-electron chi connectivity index (χ4n) is 5.62. The molecular weight excluding hydrogens is 598 g/mol. The highest BCUT2D eigenvalue weighted by Gasteiger charge is 2.34. The minimum absolute atomic E-state index is 0.110. The van der Waals surface area contributed by atoms with Gasteiger partial charge in [0.15, 0.2) is 0 Å². The zero-order chi connectivity index (χ0) is 33.0. The second kappa shape index (κ2) is 16.2. The SMILES string of the molecule is COC(=O)NC(C(=O)Nc1c(CC[C@@H]2CNC[C@@H](COc3ccc(C#N)cc3)O2)cc[nH]c1=O)C(c1ccccc1)c1ccccc1.